The van der Waals surface area contributed by atoms with Crippen LogP contribution in [-0.4, -0.2) is 16.2 Å². The van der Waals surface area contributed by atoms with Crippen molar-refractivity contribution < 1.29 is 0 Å². The highest BCUT2D eigenvalue weighted by atomic mass is 127. The molecule has 1 nitrogen and oxygen atoms in total. The zero-order valence-electron chi connectivity index (χ0n) is 6.65. The first-order chi connectivity index (χ1) is 4.83. The lowest BCUT2D eigenvalue weighted by Gasteiger charge is -2.15. The van der Waals surface area contributed by atoms with Gasteiger partial charge in [0.05, 0.1) is 0 Å². The van der Waals surface area contributed by atoms with Crippen LogP contribution in [0.3, 0.4) is 0 Å². The standard InChI is InChI=1S/C8H16IN/c1-2-10(9)7-8-5-3-4-6-8/h8H,2-7H2,1H3. The molecular formula is C8H16IN. The topological polar surface area (TPSA) is 3.24 Å². The summed E-state index contributed by atoms with van der Waals surface area (Å²) in [5.41, 5.74) is 0. The minimum Gasteiger partial charge on any atom is -0.248 e. The summed E-state index contributed by atoms with van der Waals surface area (Å²) in [6, 6.07) is 0. The van der Waals surface area contributed by atoms with Gasteiger partial charge in [0.15, 0.2) is 0 Å². The Labute approximate surface area is 77.7 Å². The molecule has 1 aliphatic rings. The second-order valence-electron chi connectivity index (χ2n) is 3.11. The first kappa shape index (κ1) is 8.78. The highest BCUT2D eigenvalue weighted by Gasteiger charge is 2.16. The zero-order chi connectivity index (χ0) is 7.40. The molecule has 60 valence electrons. The molecule has 0 aromatic rings. The maximum atomic E-state index is 2.43. The number of hydrogen-bond acceptors (Lipinski definition) is 1. The van der Waals surface area contributed by atoms with Crippen LogP contribution in [0.5, 0.6) is 0 Å². The summed E-state index contributed by atoms with van der Waals surface area (Å²) in [4.78, 5) is 0. The lowest BCUT2D eigenvalue weighted by atomic mass is 10.1. The van der Waals surface area contributed by atoms with E-state index in [-0.39, 0.29) is 0 Å². The van der Waals surface area contributed by atoms with Crippen molar-refractivity contribution in [3.8, 4) is 0 Å². The van der Waals surface area contributed by atoms with E-state index in [9.17, 15) is 0 Å². The third-order valence-corrected chi connectivity index (χ3v) is 3.35. The first-order valence-electron chi connectivity index (χ1n) is 4.23. The average Bonchev–Trinajstić information content (AvgIpc) is 2.40. The Morgan fingerprint density at radius 2 is 2.00 bits per heavy atom. The van der Waals surface area contributed by atoms with Gasteiger partial charge in [-0.2, -0.15) is 0 Å². The summed E-state index contributed by atoms with van der Waals surface area (Å²) in [5.74, 6) is 1.01. The van der Waals surface area contributed by atoms with Gasteiger partial charge < -0.3 is 0 Å². The fourth-order valence-electron chi connectivity index (χ4n) is 1.60. The van der Waals surface area contributed by atoms with Gasteiger partial charge in [-0.25, -0.2) is 3.11 Å². The number of nitrogens with zero attached hydrogens (tertiary/aromatic N) is 1. The van der Waals surface area contributed by atoms with Crippen molar-refractivity contribution in [2.45, 2.75) is 32.6 Å². The third-order valence-electron chi connectivity index (χ3n) is 2.27. The second kappa shape index (κ2) is 4.54. The van der Waals surface area contributed by atoms with Crippen LogP contribution in [0.25, 0.3) is 0 Å². The van der Waals surface area contributed by atoms with E-state index in [1.807, 2.05) is 0 Å². The highest BCUT2D eigenvalue weighted by Crippen LogP contribution is 2.26. The third kappa shape index (κ3) is 2.74. The van der Waals surface area contributed by atoms with Crippen LogP contribution in [0.1, 0.15) is 32.6 Å². The van der Waals surface area contributed by atoms with Crippen molar-refractivity contribution >= 4 is 22.9 Å². The van der Waals surface area contributed by atoms with Crippen molar-refractivity contribution in [3.63, 3.8) is 0 Å². The van der Waals surface area contributed by atoms with Gasteiger partial charge in [0, 0.05) is 36.0 Å². The van der Waals surface area contributed by atoms with E-state index in [2.05, 4.69) is 32.9 Å². The molecule has 0 unspecified atom stereocenters. The van der Waals surface area contributed by atoms with Gasteiger partial charge in [-0.15, -0.1) is 0 Å². The van der Waals surface area contributed by atoms with Crippen molar-refractivity contribution in [2.75, 3.05) is 13.1 Å². The Bertz CT molecular complexity index is 89.3. The monoisotopic (exact) mass is 253 g/mol. The Morgan fingerprint density at radius 3 is 2.50 bits per heavy atom. The Hall–Kier alpha value is 0.690. The molecule has 0 aromatic carbocycles. The molecule has 0 atom stereocenters. The Morgan fingerprint density at radius 1 is 1.40 bits per heavy atom. The van der Waals surface area contributed by atoms with Crippen molar-refractivity contribution in [1.29, 1.82) is 0 Å². The van der Waals surface area contributed by atoms with E-state index < -0.39 is 0 Å². The molecule has 0 bridgehead atoms. The molecule has 2 heteroatoms. The molecule has 0 amide bonds. The van der Waals surface area contributed by atoms with Crippen LogP contribution in [0.2, 0.25) is 0 Å². The SMILES string of the molecule is CCN(I)CC1CCCC1. The molecule has 10 heavy (non-hydrogen) atoms. The van der Waals surface area contributed by atoms with Gasteiger partial charge in [-0.05, 0) is 18.8 Å². The molecule has 0 spiro atoms. The zero-order valence-corrected chi connectivity index (χ0v) is 8.80. The van der Waals surface area contributed by atoms with Gasteiger partial charge >= 0.3 is 0 Å². The lowest BCUT2D eigenvalue weighted by molar-refractivity contribution is 0.411. The summed E-state index contributed by atoms with van der Waals surface area (Å²) in [6.07, 6.45) is 5.89. The van der Waals surface area contributed by atoms with Crippen molar-refractivity contribution in [2.24, 2.45) is 5.92 Å². The smallest absolute Gasteiger partial charge is 0.0201 e. The Balaban J connectivity index is 2.11. The predicted octanol–water partition coefficient (Wildman–Crippen LogP) is 2.85. The van der Waals surface area contributed by atoms with E-state index in [1.54, 1.807) is 0 Å². The maximum Gasteiger partial charge on any atom is 0.0201 e. The Kier molecular flexibility index (Phi) is 3.99. The average molecular weight is 253 g/mol. The molecule has 0 heterocycles. The van der Waals surface area contributed by atoms with Gasteiger partial charge in [-0.1, -0.05) is 19.8 Å². The molecular weight excluding hydrogens is 237 g/mol. The largest absolute Gasteiger partial charge is 0.248 e. The quantitative estimate of drug-likeness (QED) is 0.552. The van der Waals surface area contributed by atoms with Crippen LogP contribution in [0.4, 0.5) is 0 Å². The van der Waals surface area contributed by atoms with Crippen molar-refractivity contribution in [1.82, 2.24) is 3.11 Å². The minimum absolute atomic E-state index is 1.01. The van der Waals surface area contributed by atoms with Crippen molar-refractivity contribution in [3.05, 3.63) is 0 Å². The second-order valence-corrected chi connectivity index (χ2v) is 4.48. The number of hydrogen-bond donors (Lipinski definition) is 0. The van der Waals surface area contributed by atoms with Crippen LogP contribution in [0.15, 0.2) is 0 Å². The fraction of sp³-hybridized carbons (Fsp3) is 1.00. The van der Waals surface area contributed by atoms with Crippen LogP contribution < -0.4 is 0 Å². The molecule has 0 N–H and O–H groups in total. The predicted molar refractivity (Wildman–Crippen MR) is 53.2 cm³/mol. The summed E-state index contributed by atoms with van der Waals surface area (Å²) in [5, 5.41) is 0. The number of rotatable bonds is 3. The fourth-order valence-corrected chi connectivity index (χ4v) is 2.16. The number of halogens is 1. The van der Waals surface area contributed by atoms with E-state index in [0.717, 1.165) is 5.92 Å². The molecule has 1 rings (SSSR count). The first-order valence-corrected chi connectivity index (χ1v) is 5.20. The van der Waals surface area contributed by atoms with Gasteiger partial charge in [0.1, 0.15) is 0 Å². The lowest BCUT2D eigenvalue weighted by Crippen LogP contribution is -2.18. The summed E-state index contributed by atoms with van der Waals surface area (Å²) in [6.45, 7) is 4.73. The van der Waals surface area contributed by atoms with Crippen LogP contribution >= 0.6 is 22.9 Å². The maximum absolute atomic E-state index is 2.43. The summed E-state index contributed by atoms with van der Waals surface area (Å²) < 4.78 is 2.40. The molecule has 0 aromatic heterocycles. The molecule has 1 fully saturated rings. The normalized spacial score (nSPS) is 20.7. The van der Waals surface area contributed by atoms with E-state index >= 15 is 0 Å². The molecule has 1 aliphatic carbocycles. The van der Waals surface area contributed by atoms with Gasteiger partial charge in [-0.3, -0.25) is 0 Å². The van der Waals surface area contributed by atoms with Gasteiger partial charge in [0.2, 0.25) is 0 Å². The summed E-state index contributed by atoms with van der Waals surface area (Å²) >= 11 is 2.43. The van der Waals surface area contributed by atoms with E-state index in [4.69, 9.17) is 0 Å². The van der Waals surface area contributed by atoms with E-state index in [0.29, 0.717) is 0 Å². The molecule has 1 saturated carbocycles. The molecule has 0 radical (unpaired) electrons. The molecule has 0 saturated heterocycles. The van der Waals surface area contributed by atoms with Crippen LogP contribution in [-0.2, 0) is 0 Å². The highest BCUT2D eigenvalue weighted by molar-refractivity contribution is 14.1. The van der Waals surface area contributed by atoms with Gasteiger partial charge in [0.25, 0.3) is 0 Å². The molecule has 0 aliphatic heterocycles. The minimum atomic E-state index is 1.01. The summed E-state index contributed by atoms with van der Waals surface area (Å²) in [7, 11) is 0. The van der Waals surface area contributed by atoms with E-state index in [1.165, 1.54) is 38.8 Å². The van der Waals surface area contributed by atoms with Crippen LogP contribution in [0, 0.1) is 5.92 Å².